The zero-order valence-electron chi connectivity index (χ0n) is 34.0. The van der Waals surface area contributed by atoms with E-state index in [0.29, 0.717) is 11.1 Å². The van der Waals surface area contributed by atoms with Gasteiger partial charge in [0.2, 0.25) is 0 Å². The number of rotatable bonds is 18. The number of hydrogen-bond acceptors (Lipinski definition) is 8. The molecule has 10 nitrogen and oxygen atoms in total. The van der Waals surface area contributed by atoms with Gasteiger partial charge < -0.3 is 17.1 Å². The summed E-state index contributed by atoms with van der Waals surface area (Å²) >= 11 is 0. The van der Waals surface area contributed by atoms with Gasteiger partial charge in [0.1, 0.15) is 0 Å². The Morgan fingerprint density at radius 2 is 0.540 bits per heavy atom. The maximum atomic E-state index is 12.4. The summed E-state index contributed by atoms with van der Waals surface area (Å²) in [6, 6.07) is 71.6. The zero-order chi connectivity index (χ0) is 43.5. The second kappa shape index (κ2) is 19.4. The second-order valence-corrected chi connectivity index (χ2v) is 24.0. The molecule has 0 aliphatic heterocycles. The monoisotopic (exact) mass is 882 g/mol. The Hall–Kier alpha value is -6.95. The van der Waals surface area contributed by atoms with Gasteiger partial charge in [0.25, 0.3) is 11.4 Å². The predicted molar refractivity (Wildman–Crippen MR) is 252 cm³/mol. The molecule has 0 amide bonds. The lowest BCUT2D eigenvalue weighted by atomic mass is 10.2. The highest BCUT2D eigenvalue weighted by molar-refractivity contribution is 7.09. The van der Waals surface area contributed by atoms with Crippen LogP contribution in [0.4, 0.5) is 11.4 Å². The van der Waals surface area contributed by atoms with E-state index in [9.17, 15) is 20.2 Å². The van der Waals surface area contributed by atoms with Gasteiger partial charge in [-0.05, 0) is 43.3 Å². The highest BCUT2D eigenvalue weighted by Crippen LogP contribution is 2.29. The van der Waals surface area contributed by atoms with Crippen LogP contribution in [0.15, 0.2) is 231 Å². The average Bonchev–Trinajstić information content (AvgIpc) is 3.35. The average molecular weight is 883 g/mol. The molecule has 0 unspecified atom stereocenters. The molecule has 0 fully saturated rings. The number of nitro groups is 2. The van der Waals surface area contributed by atoms with Gasteiger partial charge in [-0.25, -0.2) is 0 Å². The molecule has 312 valence electrons. The van der Waals surface area contributed by atoms with Gasteiger partial charge in [0.05, 0.1) is 34.2 Å². The van der Waals surface area contributed by atoms with Crippen molar-refractivity contribution in [2.24, 2.45) is 0 Å². The van der Waals surface area contributed by atoms with Crippen LogP contribution in [0.3, 0.4) is 0 Å². The van der Waals surface area contributed by atoms with E-state index in [0.717, 1.165) is 31.1 Å². The number of hydrogen-bond donors (Lipinski definition) is 0. The number of nitrogens with zero attached hydrogens (tertiary/aromatic N) is 2. The van der Waals surface area contributed by atoms with Gasteiger partial charge in [0, 0.05) is 12.1 Å². The van der Waals surface area contributed by atoms with E-state index in [1.165, 1.54) is 12.1 Å². The van der Waals surface area contributed by atoms with Crippen molar-refractivity contribution in [1.29, 1.82) is 0 Å². The molecule has 63 heavy (non-hydrogen) atoms. The van der Waals surface area contributed by atoms with Gasteiger partial charge >= 0.3 is 25.7 Å². The van der Waals surface area contributed by atoms with E-state index in [4.69, 9.17) is 17.1 Å². The van der Waals surface area contributed by atoms with Crippen molar-refractivity contribution < 1.29 is 26.9 Å². The second-order valence-electron chi connectivity index (χ2n) is 14.6. The van der Waals surface area contributed by atoms with Crippen LogP contribution >= 0.6 is 0 Å². The SMILES string of the molecule is O=[N+]([O-])c1ccccc1CO[Si](O[Si](O[Si](OCc1ccccc1[N+](=O)[O-])(c1ccccc1)c1ccccc1)(c1ccccc1)c1ccccc1)(c1ccccc1)c1ccccc1. The van der Waals surface area contributed by atoms with Crippen molar-refractivity contribution in [1.82, 2.24) is 0 Å². The molecule has 0 bridgehead atoms. The fraction of sp³-hybridized carbons (Fsp3) is 0.0400. The third kappa shape index (κ3) is 9.02. The van der Waals surface area contributed by atoms with Crippen LogP contribution in [0.2, 0.25) is 0 Å². The first kappa shape index (κ1) is 42.7. The molecule has 0 spiro atoms. The standard InChI is InChI=1S/C50H42N2O8Si3/c53-51(54)49-37-21-19-23-41(49)39-57-61(43-25-7-1-8-26-43,44-27-9-2-10-28-44)59-63(47-33-15-5-16-34-47,48-35-17-6-18-36-48)60-62(45-29-11-3-12-30-45,46-31-13-4-14-32-46)58-40-42-24-20-22-38-50(42)52(55)56/h1-38H,39-40H2. The fourth-order valence-corrected chi connectivity index (χ4v) is 21.9. The molecule has 0 saturated carbocycles. The van der Waals surface area contributed by atoms with Crippen molar-refractivity contribution in [3.05, 3.63) is 262 Å². The minimum atomic E-state index is -4.29. The van der Waals surface area contributed by atoms with Crippen LogP contribution in [-0.2, 0) is 30.3 Å². The Bertz CT molecular complexity index is 2490. The highest BCUT2D eigenvalue weighted by atomic mass is 28.5. The van der Waals surface area contributed by atoms with E-state index in [2.05, 4.69) is 0 Å². The van der Waals surface area contributed by atoms with E-state index >= 15 is 0 Å². The molecule has 0 atom stereocenters. The summed E-state index contributed by atoms with van der Waals surface area (Å²) in [5.74, 6) is 0. The van der Waals surface area contributed by atoms with E-state index in [1.807, 2.05) is 182 Å². The molecular formula is C50H42N2O8Si3. The van der Waals surface area contributed by atoms with E-state index in [1.54, 1.807) is 36.4 Å². The summed E-state index contributed by atoms with van der Waals surface area (Å²) in [5, 5.41) is 29.3. The van der Waals surface area contributed by atoms with Gasteiger partial charge in [0.15, 0.2) is 0 Å². The molecule has 8 aromatic rings. The van der Waals surface area contributed by atoms with Gasteiger partial charge in [-0.15, -0.1) is 0 Å². The molecule has 0 saturated heterocycles. The van der Waals surface area contributed by atoms with Crippen LogP contribution in [0.25, 0.3) is 0 Å². The lowest BCUT2D eigenvalue weighted by molar-refractivity contribution is -0.386. The fourth-order valence-electron chi connectivity index (χ4n) is 7.72. The third-order valence-electron chi connectivity index (χ3n) is 10.7. The van der Waals surface area contributed by atoms with E-state index in [-0.39, 0.29) is 24.6 Å². The van der Waals surface area contributed by atoms with Crippen molar-refractivity contribution >= 4 is 68.2 Å². The topological polar surface area (TPSA) is 123 Å². The smallest absolute Gasteiger partial charge is 0.399 e. The summed E-state index contributed by atoms with van der Waals surface area (Å²) < 4.78 is 31.1. The number of benzene rings is 8. The van der Waals surface area contributed by atoms with Crippen LogP contribution in [0, 0.1) is 20.2 Å². The molecule has 0 N–H and O–H groups in total. The van der Waals surface area contributed by atoms with Crippen molar-refractivity contribution in [3.8, 4) is 0 Å². The Labute approximate surface area is 368 Å². The van der Waals surface area contributed by atoms with Gasteiger partial charge in [-0.2, -0.15) is 0 Å². The quantitative estimate of drug-likeness (QED) is 0.0512. The molecule has 0 heterocycles. The Kier molecular flexibility index (Phi) is 13.2. The molecule has 8 rings (SSSR count). The summed E-state index contributed by atoms with van der Waals surface area (Å²) in [6.45, 7) is -0.315. The van der Waals surface area contributed by atoms with Crippen LogP contribution in [0.1, 0.15) is 11.1 Å². The molecule has 13 heteroatoms. The first-order chi connectivity index (χ1) is 30.8. The summed E-state index contributed by atoms with van der Waals surface area (Å²) in [6.07, 6.45) is 0. The van der Waals surface area contributed by atoms with Gasteiger partial charge in [-0.3, -0.25) is 20.2 Å². The maximum Gasteiger partial charge on any atom is 0.399 e. The summed E-state index contributed by atoms with van der Waals surface area (Å²) in [7, 11) is -12.5. The zero-order valence-corrected chi connectivity index (χ0v) is 37.0. The highest BCUT2D eigenvalue weighted by Gasteiger charge is 2.60. The predicted octanol–water partition coefficient (Wildman–Crippen LogP) is 7.04. The molecule has 0 radical (unpaired) electrons. The van der Waals surface area contributed by atoms with Gasteiger partial charge in [-0.1, -0.05) is 206 Å². The lowest BCUT2D eigenvalue weighted by Gasteiger charge is -2.46. The minimum Gasteiger partial charge on any atom is -0.401 e. The lowest BCUT2D eigenvalue weighted by Crippen LogP contribution is -2.80. The van der Waals surface area contributed by atoms with Crippen molar-refractivity contribution in [3.63, 3.8) is 0 Å². The molecule has 0 aromatic heterocycles. The molecule has 0 aliphatic rings. The summed E-state index contributed by atoms with van der Waals surface area (Å²) in [4.78, 5) is 24.0. The molecule has 0 aliphatic carbocycles. The van der Waals surface area contributed by atoms with Crippen molar-refractivity contribution in [2.75, 3.05) is 0 Å². The van der Waals surface area contributed by atoms with Crippen molar-refractivity contribution in [2.45, 2.75) is 13.2 Å². The van der Waals surface area contributed by atoms with Crippen LogP contribution in [0.5, 0.6) is 0 Å². The summed E-state index contributed by atoms with van der Waals surface area (Å²) in [5.41, 5.74) is 0.617. The van der Waals surface area contributed by atoms with Crippen LogP contribution < -0.4 is 31.1 Å². The Balaban J connectivity index is 1.44. The van der Waals surface area contributed by atoms with Crippen LogP contribution in [-0.4, -0.2) is 35.5 Å². The molecular weight excluding hydrogens is 841 g/mol. The number of para-hydroxylation sites is 2. The number of nitro benzene ring substituents is 2. The Morgan fingerprint density at radius 3 is 0.794 bits per heavy atom. The first-order valence-corrected chi connectivity index (χ1v) is 25.8. The maximum absolute atomic E-state index is 12.4. The minimum absolute atomic E-state index is 0.0737. The first-order valence-electron chi connectivity index (χ1n) is 20.3. The Morgan fingerprint density at radius 1 is 0.317 bits per heavy atom. The van der Waals surface area contributed by atoms with E-state index < -0.39 is 35.5 Å². The third-order valence-corrected chi connectivity index (χ3v) is 23.0. The largest absolute Gasteiger partial charge is 0.401 e. The molecule has 8 aromatic carbocycles. The normalized spacial score (nSPS) is 11.8.